The van der Waals surface area contributed by atoms with E-state index in [9.17, 15) is 4.79 Å². The molecule has 0 atom stereocenters. The molecular formula is C26H22N6O2. The van der Waals surface area contributed by atoms with Crippen LogP contribution in [0.15, 0.2) is 73.1 Å². The summed E-state index contributed by atoms with van der Waals surface area (Å²) in [5.41, 5.74) is 4.86. The van der Waals surface area contributed by atoms with Crippen LogP contribution in [-0.2, 0) is 0 Å². The second kappa shape index (κ2) is 8.74. The van der Waals surface area contributed by atoms with Crippen molar-refractivity contribution in [3.63, 3.8) is 0 Å². The molecule has 8 heteroatoms. The molecule has 3 heterocycles. The lowest BCUT2D eigenvalue weighted by Gasteiger charge is -2.09. The first-order valence-corrected chi connectivity index (χ1v) is 10.8. The molecule has 168 valence electrons. The van der Waals surface area contributed by atoms with Crippen molar-refractivity contribution in [2.24, 2.45) is 0 Å². The maximum atomic E-state index is 12.6. The lowest BCUT2D eigenvalue weighted by atomic mass is 10.2. The molecule has 1 N–H and O–H groups in total. The van der Waals surface area contributed by atoms with Crippen LogP contribution in [0.3, 0.4) is 0 Å². The van der Waals surface area contributed by atoms with Gasteiger partial charge >= 0.3 is 0 Å². The highest BCUT2D eigenvalue weighted by molar-refractivity contribution is 6.04. The van der Waals surface area contributed by atoms with E-state index in [1.807, 2.05) is 51.1 Å². The number of pyridine rings is 1. The van der Waals surface area contributed by atoms with Gasteiger partial charge in [0, 0.05) is 22.8 Å². The molecule has 3 aromatic heterocycles. The Balaban J connectivity index is 1.29. The summed E-state index contributed by atoms with van der Waals surface area (Å²) in [5.74, 6) is 1.33. The van der Waals surface area contributed by atoms with E-state index in [1.165, 1.54) is 6.33 Å². The minimum atomic E-state index is -0.278. The zero-order valence-corrected chi connectivity index (χ0v) is 19.0. The van der Waals surface area contributed by atoms with E-state index in [2.05, 4.69) is 25.4 Å². The summed E-state index contributed by atoms with van der Waals surface area (Å²) in [6.45, 7) is 6.00. The quantitative estimate of drug-likeness (QED) is 0.396. The average Bonchev–Trinajstić information content (AvgIpc) is 3.12. The minimum absolute atomic E-state index is 0.278. The Labute approximate surface area is 196 Å². The first-order valence-electron chi connectivity index (χ1n) is 10.8. The van der Waals surface area contributed by atoms with Crippen molar-refractivity contribution in [2.75, 3.05) is 5.32 Å². The summed E-state index contributed by atoms with van der Waals surface area (Å²) in [6.07, 6.45) is 1.45. The molecule has 0 fully saturated rings. The smallest absolute Gasteiger partial charge is 0.274 e. The van der Waals surface area contributed by atoms with Crippen LogP contribution < -0.4 is 10.1 Å². The van der Waals surface area contributed by atoms with Gasteiger partial charge in [-0.15, -0.1) is 0 Å². The van der Waals surface area contributed by atoms with Crippen molar-refractivity contribution in [1.29, 1.82) is 0 Å². The lowest BCUT2D eigenvalue weighted by Crippen LogP contribution is -2.13. The summed E-state index contributed by atoms with van der Waals surface area (Å²) in [4.78, 5) is 25.6. The van der Waals surface area contributed by atoms with E-state index in [-0.39, 0.29) is 5.91 Å². The second-order valence-corrected chi connectivity index (χ2v) is 7.89. The predicted octanol–water partition coefficient (Wildman–Crippen LogP) is 5.18. The molecule has 1 amide bonds. The van der Waals surface area contributed by atoms with Gasteiger partial charge in [-0.25, -0.2) is 19.6 Å². The number of aromatic nitrogens is 5. The van der Waals surface area contributed by atoms with E-state index in [1.54, 1.807) is 41.1 Å². The lowest BCUT2D eigenvalue weighted by molar-refractivity contribution is 0.102. The number of benzene rings is 2. The fourth-order valence-electron chi connectivity index (χ4n) is 3.56. The molecule has 0 radical (unpaired) electrons. The normalized spacial score (nSPS) is 10.9. The molecule has 5 rings (SSSR count). The number of amides is 1. The number of hydrogen-bond acceptors (Lipinski definition) is 6. The van der Waals surface area contributed by atoms with Crippen molar-refractivity contribution in [1.82, 2.24) is 24.7 Å². The van der Waals surface area contributed by atoms with E-state index < -0.39 is 0 Å². The van der Waals surface area contributed by atoms with E-state index >= 15 is 0 Å². The van der Waals surface area contributed by atoms with Crippen LogP contribution in [0.5, 0.6) is 11.6 Å². The summed E-state index contributed by atoms with van der Waals surface area (Å²) >= 11 is 0. The molecule has 0 bridgehead atoms. The molecule has 34 heavy (non-hydrogen) atoms. The third-order valence-electron chi connectivity index (χ3n) is 5.66. The number of anilines is 1. The minimum Gasteiger partial charge on any atom is -0.439 e. The Kier molecular flexibility index (Phi) is 5.47. The Hall–Kier alpha value is -4.59. The van der Waals surface area contributed by atoms with Crippen LogP contribution >= 0.6 is 0 Å². The fourth-order valence-corrected chi connectivity index (χ4v) is 3.56. The van der Waals surface area contributed by atoms with Crippen LogP contribution in [0.25, 0.3) is 16.7 Å². The van der Waals surface area contributed by atoms with Crippen LogP contribution in [0.2, 0.25) is 0 Å². The monoisotopic (exact) mass is 450 g/mol. The summed E-state index contributed by atoms with van der Waals surface area (Å²) in [7, 11) is 0. The van der Waals surface area contributed by atoms with Crippen LogP contribution in [-0.4, -0.2) is 30.6 Å². The van der Waals surface area contributed by atoms with Gasteiger partial charge in [0.25, 0.3) is 5.91 Å². The number of carbonyl (C=O) groups is 1. The summed E-state index contributed by atoms with van der Waals surface area (Å²) in [5, 5.41) is 8.39. The number of rotatable bonds is 5. The van der Waals surface area contributed by atoms with Crippen LogP contribution in [0.1, 0.15) is 27.4 Å². The van der Waals surface area contributed by atoms with E-state index in [0.29, 0.717) is 28.8 Å². The van der Waals surface area contributed by atoms with Crippen molar-refractivity contribution in [2.45, 2.75) is 20.8 Å². The number of para-hydroxylation sites is 1. The number of aryl methyl sites for hydroxylation is 1. The van der Waals surface area contributed by atoms with E-state index in [0.717, 1.165) is 27.9 Å². The Morgan fingerprint density at radius 2 is 1.74 bits per heavy atom. The van der Waals surface area contributed by atoms with Gasteiger partial charge in [0.2, 0.25) is 5.88 Å². The second-order valence-electron chi connectivity index (χ2n) is 7.89. The number of carbonyl (C=O) groups excluding carboxylic acids is 1. The molecule has 5 aromatic rings. The molecule has 0 unspecified atom stereocenters. The highest BCUT2D eigenvalue weighted by Crippen LogP contribution is 2.24. The number of nitrogens with zero attached hydrogens (tertiary/aromatic N) is 5. The van der Waals surface area contributed by atoms with Crippen LogP contribution in [0.4, 0.5) is 5.69 Å². The van der Waals surface area contributed by atoms with Gasteiger partial charge in [-0.3, -0.25) is 4.79 Å². The zero-order chi connectivity index (χ0) is 23.7. The van der Waals surface area contributed by atoms with Crippen molar-refractivity contribution >= 4 is 22.5 Å². The summed E-state index contributed by atoms with van der Waals surface area (Å²) < 4.78 is 7.67. The molecule has 0 saturated heterocycles. The number of ether oxygens (including phenoxy) is 1. The van der Waals surface area contributed by atoms with Crippen molar-refractivity contribution < 1.29 is 9.53 Å². The molecule has 8 nitrogen and oxygen atoms in total. The van der Waals surface area contributed by atoms with Crippen LogP contribution in [0, 0.1) is 20.8 Å². The van der Waals surface area contributed by atoms with Gasteiger partial charge in [0.05, 0.1) is 11.2 Å². The number of nitrogens with one attached hydrogen (secondary N) is 1. The third-order valence-corrected chi connectivity index (χ3v) is 5.66. The number of hydrogen-bond donors (Lipinski definition) is 1. The van der Waals surface area contributed by atoms with Gasteiger partial charge in [0.15, 0.2) is 5.82 Å². The third kappa shape index (κ3) is 4.21. The highest BCUT2D eigenvalue weighted by atomic mass is 16.5. The van der Waals surface area contributed by atoms with E-state index in [4.69, 9.17) is 4.74 Å². The topological polar surface area (TPSA) is 94.8 Å². The Bertz CT molecular complexity index is 1510. The zero-order valence-electron chi connectivity index (χ0n) is 19.0. The average molecular weight is 451 g/mol. The SMILES string of the molecule is Cc1nn(-c2cc(Oc3ccc(NC(=O)c4ccc5ccccc5n4)cc3)ncn2)c(C)c1C. The standard InChI is InChI=1S/C26H22N6O2/c1-16-17(2)31-32(18(16)3)24-14-25(28-15-27-24)34-21-11-9-20(10-12-21)29-26(33)23-13-8-19-6-4-5-7-22(19)30-23/h4-15H,1-3H3,(H,29,33). The first kappa shape index (κ1) is 21.3. The van der Waals surface area contributed by atoms with Gasteiger partial charge < -0.3 is 10.1 Å². The Morgan fingerprint density at radius 3 is 2.50 bits per heavy atom. The molecule has 0 aliphatic rings. The van der Waals surface area contributed by atoms with Gasteiger partial charge in [-0.05, 0) is 62.7 Å². The number of fused-ring (bicyclic) bond motifs is 1. The van der Waals surface area contributed by atoms with Gasteiger partial charge in [-0.2, -0.15) is 5.10 Å². The molecule has 0 saturated carbocycles. The molecule has 2 aromatic carbocycles. The maximum absolute atomic E-state index is 12.6. The van der Waals surface area contributed by atoms with Gasteiger partial charge in [-0.1, -0.05) is 24.3 Å². The van der Waals surface area contributed by atoms with Crippen molar-refractivity contribution in [3.8, 4) is 17.4 Å². The van der Waals surface area contributed by atoms with Gasteiger partial charge in [0.1, 0.15) is 17.8 Å². The predicted molar refractivity (Wildman–Crippen MR) is 130 cm³/mol. The fraction of sp³-hybridized carbons (Fsp3) is 0.115. The van der Waals surface area contributed by atoms with Crippen molar-refractivity contribution in [3.05, 3.63) is 95.7 Å². The molecule has 0 aliphatic carbocycles. The highest BCUT2D eigenvalue weighted by Gasteiger charge is 2.12. The molecule has 0 spiro atoms. The summed E-state index contributed by atoms with van der Waals surface area (Å²) in [6, 6.07) is 20.1. The molecule has 0 aliphatic heterocycles. The largest absolute Gasteiger partial charge is 0.439 e. The first-order chi connectivity index (χ1) is 16.5. The Morgan fingerprint density at radius 1 is 0.941 bits per heavy atom. The molecular weight excluding hydrogens is 428 g/mol. The maximum Gasteiger partial charge on any atom is 0.274 e.